The number of hydrogen-bond donors (Lipinski definition) is 0. The molecule has 0 radical (unpaired) electrons. The lowest BCUT2D eigenvalue weighted by atomic mass is 10.2. The number of hydrazone groups is 1. The third-order valence-electron chi connectivity index (χ3n) is 1.34. The summed E-state index contributed by atoms with van der Waals surface area (Å²) in [6.07, 6.45) is 1.59. The first kappa shape index (κ1) is 9.34. The Balaban J connectivity index is 2.59. The lowest BCUT2D eigenvalue weighted by Gasteiger charge is -1.98. The van der Waals surface area contributed by atoms with Crippen LogP contribution in [0.3, 0.4) is 0 Å². The van der Waals surface area contributed by atoms with Gasteiger partial charge in [0.15, 0.2) is 0 Å². The van der Waals surface area contributed by atoms with E-state index in [2.05, 4.69) is 16.9 Å². The highest BCUT2D eigenvalue weighted by Gasteiger charge is 1.79. The molecule has 0 spiro atoms. The smallest absolute Gasteiger partial charge is 0.0972 e. The minimum atomic E-state index is 1.01. The van der Waals surface area contributed by atoms with Crippen LogP contribution in [-0.4, -0.2) is 25.3 Å². The summed E-state index contributed by atoms with van der Waals surface area (Å²) in [6, 6.07) is 9.84. The lowest BCUT2D eigenvalue weighted by molar-refractivity contribution is 0.441. The van der Waals surface area contributed by atoms with Gasteiger partial charge in [0.25, 0.3) is 0 Å². The van der Waals surface area contributed by atoms with Crippen molar-refractivity contribution < 1.29 is 0 Å². The van der Waals surface area contributed by atoms with Gasteiger partial charge in [-0.25, -0.2) is 0 Å². The number of rotatable bonds is 1. The van der Waals surface area contributed by atoms with Gasteiger partial charge < -0.3 is 5.01 Å². The van der Waals surface area contributed by atoms with Crippen LogP contribution in [0.1, 0.15) is 5.56 Å². The van der Waals surface area contributed by atoms with Gasteiger partial charge in [0.05, 0.1) is 6.21 Å². The second-order valence-electron chi connectivity index (χ2n) is 2.73. The minimum Gasteiger partial charge on any atom is -0.303 e. The highest BCUT2D eigenvalue weighted by atomic mass is 15.4. The van der Waals surface area contributed by atoms with Crippen LogP contribution in [0.5, 0.6) is 0 Å². The topological polar surface area (TPSA) is 15.6 Å². The maximum absolute atomic E-state index is 3.97. The molecule has 0 unspecified atom stereocenters. The predicted molar refractivity (Wildman–Crippen MR) is 55.5 cm³/mol. The Morgan fingerprint density at radius 2 is 1.92 bits per heavy atom. The molecule has 2 nitrogen and oxygen atoms in total. The van der Waals surface area contributed by atoms with E-state index in [1.807, 2.05) is 44.4 Å². The molecule has 66 valence electrons. The van der Waals surface area contributed by atoms with E-state index in [4.69, 9.17) is 0 Å². The standard InChI is InChI=1S/C11H12N2/c1-13(2)12-10-6-9-11-7-4-3-5-8-11/h3-5,7-8,10H,1-2H3/b12-10+. The summed E-state index contributed by atoms with van der Waals surface area (Å²) in [5.41, 5.74) is 1.01. The van der Waals surface area contributed by atoms with Gasteiger partial charge in [-0.05, 0) is 18.1 Å². The van der Waals surface area contributed by atoms with E-state index in [1.165, 1.54) is 0 Å². The van der Waals surface area contributed by atoms with Crippen molar-refractivity contribution in [2.45, 2.75) is 0 Å². The van der Waals surface area contributed by atoms with E-state index in [0.29, 0.717) is 0 Å². The van der Waals surface area contributed by atoms with Crippen LogP contribution in [0, 0.1) is 11.8 Å². The Hall–Kier alpha value is -1.75. The highest BCUT2D eigenvalue weighted by Crippen LogP contribution is 1.93. The molecule has 0 aliphatic heterocycles. The second kappa shape index (κ2) is 5.00. The molecule has 13 heavy (non-hydrogen) atoms. The summed E-state index contributed by atoms with van der Waals surface area (Å²) in [5, 5.41) is 5.68. The summed E-state index contributed by atoms with van der Waals surface area (Å²) < 4.78 is 0. The summed E-state index contributed by atoms with van der Waals surface area (Å²) >= 11 is 0. The van der Waals surface area contributed by atoms with Crippen molar-refractivity contribution in [1.29, 1.82) is 0 Å². The fraction of sp³-hybridized carbons (Fsp3) is 0.182. The van der Waals surface area contributed by atoms with E-state index < -0.39 is 0 Å². The van der Waals surface area contributed by atoms with Gasteiger partial charge in [-0.1, -0.05) is 24.1 Å². The Kier molecular flexibility index (Phi) is 3.59. The molecule has 0 saturated carbocycles. The first-order valence-electron chi connectivity index (χ1n) is 4.05. The van der Waals surface area contributed by atoms with Crippen LogP contribution in [0.2, 0.25) is 0 Å². The summed E-state index contributed by atoms with van der Waals surface area (Å²) in [4.78, 5) is 0. The van der Waals surface area contributed by atoms with Crippen molar-refractivity contribution in [3.05, 3.63) is 35.9 Å². The third kappa shape index (κ3) is 3.97. The summed E-state index contributed by atoms with van der Waals surface area (Å²) in [6.45, 7) is 0. The molecule has 0 bridgehead atoms. The number of nitrogens with zero attached hydrogens (tertiary/aromatic N) is 2. The van der Waals surface area contributed by atoms with Crippen molar-refractivity contribution in [2.24, 2.45) is 5.10 Å². The largest absolute Gasteiger partial charge is 0.303 e. The number of benzene rings is 1. The SMILES string of the molecule is CN(C)/N=C/C#Cc1ccccc1. The first-order valence-corrected chi connectivity index (χ1v) is 4.05. The molecule has 0 aromatic heterocycles. The zero-order valence-corrected chi connectivity index (χ0v) is 7.86. The summed E-state index contributed by atoms with van der Waals surface area (Å²) in [7, 11) is 3.72. The van der Waals surface area contributed by atoms with Crippen LogP contribution >= 0.6 is 0 Å². The van der Waals surface area contributed by atoms with Crippen LogP contribution in [0.15, 0.2) is 35.4 Å². The Morgan fingerprint density at radius 1 is 1.23 bits per heavy atom. The maximum atomic E-state index is 3.97. The molecule has 0 amide bonds. The van der Waals surface area contributed by atoms with E-state index in [-0.39, 0.29) is 0 Å². The van der Waals surface area contributed by atoms with Gasteiger partial charge in [-0.3, -0.25) is 0 Å². The van der Waals surface area contributed by atoms with Crippen molar-refractivity contribution in [1.82, 2.24) is 5.01 Å². The molecule has 1 rings (SSSR count). The zero-order chi connectivity index (χ0) is 9.52. The molecule has 0 heterocycles. The zero-order valence-electron chi connectivity index (χ0n) is 7.86. The van der Waals surface area contributed by atoms with Gasteiger partial charge in [0.1, 0.15) is 0 Å². The monoisotopic (exact) mass is 172 g/mol. The van der Waals surface area contributed by atoms with Gasteiger partial charge in [0.2, 0.25) is 0 Å². The van der Waals surface area contributed by atoms with E-state index in [9.17, 15) is 0 Å². The summed E-state index contributed by atoms with van der Waals surface area (Å²) in [5.74, 6) is 5.82. The van der Waals surface area contributed by atoms with Crippen LogP contribution in [-0.2, 0) is 0 Å². The molecule has 0 N–H and O–H groups in total. The van der Waals surface area contributed by atoms with Gasteiger partial charge >= 0.3 is 0 Å². The average molecular weight is 172 g/mol. The maximum Gasteiger partial charge on any atom is 0.0972 e. The van der Waals surface area contributed by atoms with Gasteiger partial charge in [0, 0.05) is 19.7 Å². The Morgan fingerprint density at radius 3 is 2.54 bits per heavy atom. The minimum absolute atomic E-state index is 1.01. The fourth-order valence-corrected chi connectivity index (χ4v) is 0.781. The third-order valence-corrected chi connectivity index (χ3v) is 1.34. The Bertz CT molecular complexity index is 328. The van der Waals surface area contributed by atoms with Crippen LogP contribution < -0.4 is 0 Å². The molecule has 0 atom stereocenters. The molecule has 1 aromatic carbocycles. The molecular weight excluding hydrogens is 160 g/mol. The predicted octanol–water partition coefficient (Wildman–Crippen LogP) is 1.59. The van der Waals surface area contributed by atoms with Crippen molar-refractivity contribution in [2.75, 3.05) is 14.1 Å². The van der Waals surface area contributed by atoms with Crippen LogP contribution in [0.25, 0.3) is 0 Å². The normalized spacial score (nSPS) is 9.38. The van der Waals surface area contributed by atoms with Crippen molar-refractivity contribution in [3.8, 4) is 11.8 Å². The van der Waals surface area contributed by atoms with E-state index in [1.54, 1.807) is 11.2 Å². The molecule has 1 aromatic rings. The molecule has 0 fully saturated rings. The molecule has 0 aliphatic rings. The molecule has 2 heteroatoms. The quantitative estimate of drug-likeness (QED) is 0.357. The average Bonchev–Trinajstić information content (AvgIpc) is 2.14. The van der Waals surface area contributed by atoms with Gasteiger partial charge in [-0.15, -0.1) is 0 Å². The Labute approximate surface area is 78.9 Å². The molecule has 0 aliphatic carbocycles. The van der Waals surface area contributed by atoms with Crippen molar-refractivity contribution in [3.63, 3.8) is 0 Å². The fourth-order valence-electron chi connectivity index (χ4n) is 0.781. The highest BCUT2D eigenvalue weighted by molar-refractivity contribution is 5.78. The molecule has 0 saturated heterocycles. The second-order valence-corrected chi connectivity index (χ2v) is 2.73. The van der Waals surface area contributed by atoms with Gasteiger partial charge in [-0.2, -0.15) is 5.10 Å². The lowest BCUT2D eigenvalue weighted by Crippen LogP contribution is -2.00. The molecular formula is C11H12N2. The van der Waals surface area contributed by atoms with Crippen molar-refractivity contribution >= 4 is 6.21 Å². The van der Waals surface area contributed by atoms with Crippen LogP contribution in [0.4, 0.5) is 0 Å². The number of hydrogen-bond acceptors (Lipinski definition) is 2. The first-order chi connectivity index (χ1) is 6.29. The van der Waals surface area contributed by atoms with E-state index in [0.717, 1.165) is 5.56 Å². The van der Waals surface area contributed by atoms with E-state index >= 15 is 0 Å².